The Morgan fingerprint density at radius 3 is 2.65 bits per heavy atom. The van der Waals surface area contributed by atoms with Gasteiger partial charge in [-0.2, -0.15) is 5.26 Å². The number of phenols is 1. The minimum absolute atomic E-state index is 0.124. The first-order valence-electron chi connectivity index (χ1n) is 4.37. The number of alkyl halides is 3. The van der Waals surface area contributed by atoms with Gasteiger partial charge in [0, 0.05) is 0 Å². The van der Waals surface area contributed by atoms with E-state index < -0.39 is 12.1 Å². The quantitative estimate of drug-likeness (QED) is 0.769. The van der Waals surface area contributed by atoms with E-state index in [9.17, 15) is 13.2 Å². The first-order valence-corrected chi connectivity index (χ1v) is 4.37. The summed E-state index contributed by atoms with van der Waals surface area (Å²) >= 11 is 0. The van der Waals surface area contributed by atoms with Crippen molar-refractivity contribution in [3.05, 3.63) is 23.8 Å². The van der Waals surface area contributed by atoms with Crippen molar-refractivity contribution in [2.24, 2.45) is 0 Å². The largest absolute Gasteiger partial charge is 0.573 e. The molecule has 0 atom stereocenters. The molecule has 0 unspecified atom stereocenters. The number of rotatable bonds is 1. The van der Waals surface area contributed by atoms with Gasteiger partial charge in [-0.1, -0.05) is 11.8 Å². The van der Waals surface area contributed by atoms with E-state index in [1.54, 1.807) is 6.07 Å². The van der Waals surface area contributed by atoms with E-state index in [1.165, 1.54) is 0 Å². The number of halogens is 3. The molecular weight excluding hydrogens is 235 g/mol. The first kappa shape index (κ1) is 12.7. The molecule has 0 spiro atoms. The van der Waals surface area contributed by atoms with Crippen molar-refractivity contribution in [1.29, 1.82) is 5.26 Å². The van der Waals surface area contributed by atoms with Crippen LogP contribution in [0.3, 0.4) is 0 Å². The maximum atomic E-state index is 12.0. The zero-order chi connectivity index (χ0) is 12.9. The highest BCUT2D eigenvalue weighted by Gasteiger charge is 2.32. The van der Waals surface area contributed by atoms with Crippen LogP contribution in [0.25, 0.3) is 0 Å². The van der Waals surface area contributed by atoms with Gasteiger partial charge in [-0.25, -0.2) is 0 Å². The van der Waals surface area contributed by atoms with Gasteiger partial charge in [0.1, 0.15) is 11.5 Å². The van der Waals surface area contributed by atoms with Gasteiger partial charge in [0.15, 0.2) is 0 Å². The topological polar surface area (TPSA) is 53.2 Å². The maximum Gasteiger partial charge on any atom is 0.573 e. The highest BCUT2D eigenvalue weighted by molar-refractivity contribution is 5.50. The molecule has 17 heavy (non-hydrogen) atoms. The Hall–Kier alpha value is -2.34. The lowest BCUT2D eigenvalue weighted by atomic mass is 10.2. The molecule has 0 radical (unpaired) electrons. The fourth-order valence-electron chi connectivity index (χ4n) is 1.01. The fourth-order valence-corrected chi connectivity index (χ4v) is 1.01. The molecule has 0 saturated carbocycles. The highest BCUT2D eigenvalue weighted by Crippen LogP contribution is 2.28. The van der Waals surface area contributed by atoms with Crippen molar-refractivity contribution in [3.63, 3.8) is 0 Å². The number of nitrogens with zero attached hydrogens (tertiary/aromatic N) is 1. The fraction of sp³-hybridized carbons (Fsp3) is 0.182. The molecule has 0 aromatic heterocycles. The summed E-state index contributed by atoms with van der Waals surface area (Å²) < 4.78 is 39.8. The Morgan fingerprint density at radius 1 is 1.35 bits per heavy atom. The summed E-state index contributed by atoms with van der Waals surface area (Å²) in [5.74, 6) is 3.91. The summed E-state index contributed by atoms with van der Waals surface area (Å²) in [5.41, 5.74) is -0.127. The molecule has 0 saturated heterocycles. The molecule has 1 rings (SSSR count). The second kappa shape index (κ2) is 5.13. The molecule has 0 aliphatic carbocycles. The average Bonchev–Trinajstić information content (AvgIpc) is 2.20. The van der Waals surface area contributed by atoms with Crippen LogP contribution in [0, 0.1) is 23.2 Å². The van der Waals surface area contributed by atoms with E-state index in [4.69, 9.17) is 10.4 Å². The number of phenolic OH excluding ortho intramolecular Hbond substituents is 1. The summed E-state index contributed by atoms with van der Waals surface area (Å²) in [6.45, 7) is 0. The molecule has 1 N–H and O–H groups in total. The minimum Gasteiger partial charge on any atom is -0.508 e. The minimum atomic E-state index is -4.83. The normalized spacial score (nSPS) is 10.0. The monoisotopic (exact) mass is 241 g/mol. The van der Waals surface area contributed by atoms with Gasteiger partial charge in [0.25, 0.3) is 0 Å². The number of benzene rings is 1. The predicted octanol–water partition coefficient (Wildman–Crippen LogP) is 2.56. The van der Waals surface area contributed by atoms with Crippen molar-refractivity contribution in [2.75, 3.05) is 0 Å². The molecule has 0 fully saturated rings. The SMILES string of the molecule is N#CCC#Cc1cc(O)ccc1OC(F)(F)F. The van der Waals surface area contributed by atoms with Crippen molar-refractivity contribution in [3.8, 4) is 29.4 Å². The van der Waals surface area contributed by atoms with Crippen LogP contribution in [0.1, 0.15) is 12.0 Å². The van der Waals surface area contributed by atoms with Crippen molar-refractivity contribution in [2.45, 2.75) is 12.8 Å². The molecule has 0 aliphatic heterocycles. The first-order chi connectivity index (χ1) is 7.92. The third-order valence-corrected chi connectivity index (χ3v) is 1.58. The molecular formula is C11H6F3NO2. The molecule has 3 nitrogen and oxygen atoms in total. The van der Waals surface area contributed by atoms with Crippen molar-refractivity contribution < 1.29 is 23.0 Å². The van der Waals surface area contributed by atoms with Crippen LogP contribution in [-0.4, -0.2) is 11.5 Å². The van der Waals surface area contributed by atoms with E-state index in [0.29, 0.717) is 0 Å². The van der Waals surface area contributed by atoms with Crippen LogP contribution < -0.4 is 4.74 Å². The summed E-state index contributed by atoms with van der Waals surface area (Å²) in [6, 6.07) is 4.76. The number of hydrogen-bond acceptors (Lipinski definition) is 3. The number of hydrogen-bond donors (Lipinski definition) is 1. The maximum absolute atomic E-state index is 12.0. The van der Waals surface area contributed by atoms with Crippen molar-refractivity contribution in [1.82, 2.24) is 0 Å². The molecule has 0 amide bonds. The van der Waals surface area contributed by atoms with Gasteiger partial charge in [0.2, 0.25) is 0 Å². The molecule has 0 bridgehead atoms. The zero-order valence-electron chi connectivity index (χ0n) is 8.38. The Labute approximate surface area is 95.1 Å². The summed E-state index contributed by atoms with van der Waals surface area (Å²) in [6.07, 6.45) is -4.95. The smallest absolute Gasteiger partial charge is 0.508 e. The molecule has 1 aromatic rings. The highest BCUT2D eigenvalue weighted by atomic mass is 19.4. The van der Waals surface area contributed by atoms with E-state index in [0.717, 1.165) is 18.2 Å². The van der Waals surface area contributed by atoms with Gasteiger partial charge in [0.05, 0.1) is 18.1 Å². The van der Waals surface area contributed by atoms with Crippen LogP contribution >= 0.6 is 0 Å². The van der Waals surface area contributed by atoms with Gasteiger partial charge in [-0.05, 0) is 18.2 Å². The predicted molar refractivity (Wildman–Crippen MR) is 51.9 cm³/mol. The molecule has 88 valence electrons. The average molecular weight is 241 g/mol. The summed E-state index contributed by atoms with van der Waals surface area (Å²) in [7, 11) is 0. The number of ether oxygens (including phenoxy) is 1. The second-order valence-corrected chi connectivity index (χ2v) is 2.86. The standard InChI is InChI=1S/C11H6F3NO2/c12-11(13,14)17-10-5-4-9(16)7-8(10)3-1-2-6-15/h4-5,7,16H,2H2. The summed E-state index contributed by atoms with van der Waals surface area (Å²) in [5, 5.41) is 17.4. The molecule has 1 aromatic carbocycles. The molecule has 6 heteroatoms. The third kappa shape index (κ3) is 4.35. The Kier molecular flexibility index (Phi) is 3.84. The zero-order valence-corrected chi connectivity index (χ0v) is 8.38. The van der Waals surface area contributed by atoms with Gasteiger partial charge in [-0.15, -0.1) is 13.2 Å². The number of nitriles is 1. The van der Waals surface area contributed by atoms with Crippen LogP contribution in [0.15, 0.2) is 18.2 Å². The Balaban J connectivity index is 3.06. The lowest BCUT2D eigenvalue weighted by Crippen LogP contribution is -2.17. The van der Waals surface area contributed by atoms with E-state index in [1.807, 2.05) is 0 Å². The lowest BCUT2D eigenvalue weighted by Gasteiger charge is -2.10. The molecule has 0 aliphatic rings. The van der Waals surface area contributed by atoms with E-state index in [2.05, 4.69) is 16.6 Å². The van der Waals surface area contributed by atoms with Crippen molar-refractivity contribution >= 4 is 0 Å². The van der Waals surface area contributed by atoms with Gasteiger partial charge in [-0.3, -0.25) is 0 Å². The van der Waals surface area contributed by atoms with Crippen LogP contribution in [0.4, 0.5) is 13.2 Å². The van der Waals surface area contributed by atoms with E-state index >= 15 is 0 Å². The van der Waals surface area contributed by atoms with Crippen LogP contribution in [0.2, 0.25) is 0 Å². The lowest BCUT2D eigenvalue weighted by molar-refractivity contribution is -0.274. The second-order valence-electron chi connectivity index (χ2n) is 2.86. The Bertz CT molecular complexity index is 506. The van der Waals surface area contributed by atoms with Gasteiger partial charge >= 0.3 is 6.36 Å². The van der Waals surface area contributed by atoms with E-state index in [-0.39, 0.29) is 17.7 Å². The third-order valence-electron chi connectivity index (χ3n) is 1.58. The molecule has 0 heterocycles. The van der Waals surface area contributed by atoms with Gasteiger partial charge < -0.3 is 9.84 Å². The van der Waals surface area contributed by atoms with Crippen LogP contribution in [-0.2, 0) is 0 Å². The van der Waals surface area contributed by atoms with Crippen LogP contribution in [0.5, 0.6) is 11.5 Å². The Morgan fingerprint density at radius 2 is 2.06 bits per heavy atom. The number of aromatic hydroxyl groups is 1. The summed E-state index contributed by atoms with van der Waals surface area (Å²) in [4.78, 5) is 0.